The van der Waals surface area contributed by atoms with Crippen LogP contribution in [-0.4, -0.2) is 0 Å². The summed E-state index contributed by atoms with van der Waals surface area (Å²) < 4.78 is 0. The van der Waals surface area contributed by atoms with Crippen molar-refractivity contribution in [2.45, 2.75) is 121 Å². The van der Waals surface area contributed by atoms with Crippen LogP contribution in [0.5, 0.6) is 0 Å². The van der Waals surface area contributed by atoms with Crippen molar-refractivity contribution >= 4 is 0 Å². The van der Waals surface area contributed by atoms with Gasteiger partial charge >= 0.3 is 0 Å². The van der Waals surface area contributed by atoms with Gasteiger partial charge in [-0.2, -0.15) is 0 Å². The number of rotatable bonds is 7. The van der Waals surface area contributed by atoms with Gasteiger partial charge in [-0.05, 0) is 185 Å². The van der Waals surface area contributed by atoms with Gasteiger partial charge in [0.15, 0.2) is 0 Å². The molecule has 1 atom stereocenters. The van der Waals surface area contributed by atoms with E-state index >= 15 is 0 Å². The molecule has 4 rings (SSSR count). The van der Waals surface area contributed by atoms with Crippen molar-refractivity contribution < 1.29 is 0 Å². The fourth-order valence-corrected chi connectivity index (χ4v) is 6.11. The Hall–Kier alpha value is -3.12. The van der Waals surface area contributed by atoms with Gasteiger partial charge in [0.05, 0.1) is 0 Å². The zero-order chi connectivity index (χ0) is 31.3. The van der Waals surface area contributed by atoms with Crippen LogP contribution in [0.25, 0.3) is 0 Å². The second-order valence-corrected chi connectivity index (χ2v) is 13.2. The van der Waals surface area contributed by atoms with Gasteiger partial charge in [0.25, 0.3) is 0 Å². The van der Waals surface area contributed by atoms with Crippen LogP contribution in [0.15, 0.2) is 54.6 Å². The SMILES string of the molecule is Cc1cc(C(C)CCCC(c2cc(C)c(C)c(C)c2)c2cc(C)c(C)c(C)c2)cc(C)c1C.Cc1cccc(C)c1C. The topological polar surface area (TPSA) is 0 Å². The van der Waals surface area contributed by atoms with Crippen LogP contribution in [0.2, 0.25) is 0 Å². The molecule has 0 aliphatic rings. The van der Waals surface area contributed by atoms with Crippen molar-refractivity contribution in [1.29, 1.82) is 0 Å². The van der Waals surface area contributed by atoms with Crippen LogP contribution in [0.1, 0.15) is 121 Å². The first-order valence-electron chi connectivity index (χ1n) is 16.0. The molecule has 224 valence electrons. The maximum atomic E-state index is 2.44. The molecule has 42 heavy (non-hydrogen) atoms. The summed E-state index contributed by atoms with van der Waals surface area (Å²) in [7, 11) is 0. The smallest absolute Gasteiger partial charge is 0.00897 e. The van der Waals surface area contributed by atoms with E-state index in [0.717, 1.165) is 0 Å². The van der Waals surface area contributed by atoms with Gasteiger partial charge in [-0.1, -0.05) is 67.9 Å². The highest BCUT2D eigenvalue weighted by molar-refractivity contribution is 5.45. The minimum Gasteiger partial charge on any atom is -0.0617 e. The van der Waals surface area contributed by atoms with E-state index < -0.39 is 0 Å². The monoisotopic (exact) mass is 560 g/mol. The molecule has 0 spiro atoms. The molecule has 0 saturated carbocycles. The van der Waals surface area contributed by atoms with Gasteiger partial charge in [0.1, 0.15) is 0 Å². The van der Waals surface area contributed by atoms with Gasteiger partial charge in [-0.25, -0.2) is 0 Å². The average Bonchev–Trinajstić information content (AvgIpc) is 2.93. The summed E-state index contributed by atoms with van der Waals surface area (Å²) in [6.07, 6.45) is 3.65. The Balaban J connectivity index is 0.000000458. The minimum atomic E-state index is 0.453. The number of hydrogen-bond donors (Lipinski definition) is 0. The standard InChI is InChI=1S/C33H44.C9H12/c1-20(30-14-21(2)27(8)22(3)15-30)12-11-13-33(31-16-23(4)28(9)24(5)17-31)32-18-25(6)29(10)26(7)19-32;1-7-5-4-6-8(2)9(7)3/h14-20,33H,11-13H2,1-10H3;4-6H,1-3H3. The van der Waals surface area contributed by atoms with Crippen LogP contribution in [-0.2, 0) is 0 Å². The Morgan fingerprint density at radius 3 is 1.05 bits per heavy atom. The van der Waals surface area contributed by atoms with Crippen LogP contribution >= 0.6 is 0 Å². The molecule has 0 heteroatoms. The fraction of sp³-hybridized carbons (Fsp3) is 0.429. The fourth-order valence-electron chi connectivity index (χ4n) is 6.11. The number of hydrogen-bond acceptors (Lipinski definition) is 0. The van der Waals surface area contributed by atoms with E-state index in [1.807, 2.05) is 0 Å². The molecule has 4 aromatic rings. The van der Waals surface area contributed by atoms with Crippen LogP contribution in [0.4, 0.5) is 0 Å². The Morgan fingerprint density at radius 1 is 0.405 bits per heavy atom. The van der Waals surface area contributed by atoms with Crippen molar-refractivity contribution in [3.63, 3.8) is 0 Å². The summed E-state index contributed by atoms with van der Waals surface area (Å²) in [4.78, 5) is 0. The highest BCUT2D eigenvalue weighted by atomic mass is 14.2. The first-order valence-corrected chi connectivity index (χ1v) is 16.0. The third-order valence-corrected chi connectivity index (χ3v) is 10.2. The average molecular weight is 561 g/mol. The molecule has 0 radical (unpaired) electrons. The molecule has 4 aromatic carbocycles. The lowest BCUT2D eigenvalue weighted by Crippen LogP contribution is -2.06. The van der Waals surface area contributed by atoms with Crippen LogP contribution in [0.3, 0.4) is 0 Å². The molecular weight excluding hydrogens is 504 g/mol. The molecule has 0 nitrogen and oxygen atoms in total. The molecule has 0 heterocycles. The molecule has 0 saturated heterocycles. The lowest BCUT2D eigenvalue weighted by molar-refractivity contribution is 0.573. The summed E-state index contributed by atoms with van der Waals surface area (Å²) in [5.41, 5.74) is 21.4. The van der Waals surface area contributed by atoms with Crippen molar-refractivity contribution in [2.24, 2.45) is 0 Å². The normalized spacial score (nSPS) is 11.9. The Morgan fingerprint density at radius 2 is 0.714 bits per heavy atom. The summed E-state index contributed by atoms with van der Waals surface area (Å²) in [5.74, 6) is 1.04. The van der Waals surface area contributed by atoms with Gasteiger partial charge in [0, 0.05) is 5.92 Å². The van der Waals surface area contributed by atoms with E-state index in [1.54, 1.807) is 0 Å². The van der Waals surface area contributed by atoms with E-state index in [4.69, 9.17) is 0 Å². The van der Waals surface area contributed by atoms with E-state index in [0.29, 0.717) is 11.8 Å². The van der Waals surface area contributed by atoms with Gasteiger partial charge in [0.2, 0.25) is 0 Å². The zero-order valence-electron chi connectivity index (χ0n) is 29.0. The first kappa shape index (κ1) is 33.4. The predicted octanol–water partition coefficient (Wildman–Crippen LogP) is 12.2. The number of benzene rings is 4. The highest BCUT2D eigenvalue weighted by Crippen LogP contribution is 2.35. The Labute approximate surface area is 258 Å². The number of aryl methyl sites for hydroxylation is 8. The summed E-state index contributed by atoms with van der Waals surface area (Å²) in [6, 6.07) is 20.9. The van der Waals surface area contributed by atoms with Crippen LogP contribution < -0.4 is 0 Å². The molecule has 0 aliphatic carbocycles. The zero-order valence-corrected chi connectivity index (χ0v) is 29.0. The molecule has 0 aliphatic heterocycles. The van der Waals surface area contributed by atoms with Gasteiger partial charge in [-0.3, -0.25) is 0 Å². The van der Waals surface area contributed by atoms with Gasteiger partial charge in [-0.15, -0.1) is 0 Å². The summed E-state index contributed by atoms with van der Waals surface area (Å²) in [5, 5.41) is 0. The minimum absolute atomic E-state index is 0.453. The molecule has 0 fully saturated rings. The third kappa shape index (κ3) is 8.03. The largest absolute Gasteiger partial charge is 0.0617 e. The van der Waals surface area contributed by atoms with E-state index in [-0.39, 0.29) is 0 Å². The second kappa shape index (κ2) is 14.4. The van der Waals surface area contributed by atoms with Crippen molar-refractivity contribution in [3.05, 3.63) is 138 Å². The summed E-state index contributed by atoms with van der Waals surface area (Å²) in [6.45, 7) is 29.1. The lowest BCUT2D eigenvalue weighted by atomic mass is 9.81. The second-order valence-electron chi connectivity index (χ2n) is 13.2. The van der Waals surface area contributed by atoms with Crippen molar-refractivity contribution in [2.75, 3.05) is 0 Å². The lowest BCUT2D eigenvalue weighted by Gasteiger charge is -2.23. The molecular formula is C42H56. The van der Waals surface area contributed by atoms with E-state index in [1.165, 1.54) is 103 Å². The first-order chi connectivity index (χ1) is 19.7. The van der Waals surface area contributed by atoms with Crippen molar-refractivity contribution in [1.82, 2.24) is 0 Å². The Kier molecular flexibility index (Phi) is 11.4. The molecule has 1 unspecified atom stereocenters. The highest BCUT2D eigenvalue weighted by Gasteiger charge is 2.19. The maximum absolute atomic E-state index is 2.44. The third-order valence-electron chi connectivity index (χ3n) is 10.2. The predicted molar refractivity (Wildman–Crippen MR) is 187 cm³/mol. The van der Waals surface area contributed by atoms with Gasteiger partial charge < -0.3 is 0 Å². The Bertz CT molecular complexity index is 1380. The molecule has 0 amide bonds. The molecule has 0 aromatic heterocycles. The van der Waals surface area contributed by atoms with E-state index in [9.17, 15) is 0 Å². The summed E-state index contributed by atoms with van der Waals surface area (Å²) >= 11 is 0. The van der Waals surface area contributed by atoms with Crippen molar-refractivity contribution in [3.8, 4) is 0 Å². The molecule has 0 N–H and O–H groups in total. The molecule has 0 bridgehead atoms. The van der Waals surface area contributed by atoms with Crippen LogP contribution in [0, 0.1) is 83.1 Å². The van der Waals surface area contributed by atoms with E-state index in [2.05, 4.69) is 145 Å². The maximum Gasteiger partial charge on any atom is 0.00897 e. The quantitative estimate of drug-likeness (QED) is 0.211.